The van der Waals surface area contributed by atoms with Crippen LogP contribution in [0.3, 0.4) is 0 Å². The Hall–Kier alpha value is -4.35. The molecule has 12 heteroatoms. The number of methoxy groups -OCH3 is 1. The number of anilines is 1. The lowest BCUT2D eigenvalue weighted by Crippen LogP contribution is -2.40. The van der Waals surface area contributed by atoms with Gasteiger partial charge < -0.3 is 25.3 Å². The Morgan fingerprint density at radius 3 is 2.88 bits per heavy atom. The molecule has 2 heterocycles. The lowest BCUT2D eigenvalue weighted by atomic mass is 10.3. The number of fused-ring (bicyclic) bond motifs is 1. The summed E-state index contributed by atoms with van der Waals surface area (Å²) in [6.45, 7) is 1.84. The van der Waals surface area contributed by atoms with Gasteiger partial charge in [0.05, 0.1) is 13.7 Å². The van der Waals surface area contributed by atoms with Crippen molar-refractivity contribution in [1.29, 1.82) is 0 Å². The largest absolute Gasteiger partial charge is 0.489 e. The number of aromatic nitrogens is 4. The first-order valence-corrected chi connectivity index (χ1v) is 10.1. The molecule has 1 fully saturated rings. The normalized spacial score (nSPS) is 16.9. The molecule has 0 spiro atoms. The molecule has 4 rings (SSSR count). The molecule has 1 saturated carbocycles. The van der Waals surface area contributed by atoms with Crippen LogP contribution in [-0.2, 0) is 9.53 Å². The summed E-state index contributed by atoms with van der Waals surface area (Å²) >= 11 is 0. The van der Waals surface area contributed by atoms with E-state index in [4.69, 9.17) is 15.2 Å². The van der Waals surface area contributed by atoms with Crippen LogP contribution in [0.15, 0.2) is 41.0 Å². The second-order valence-corrected chi connectivity index (χ2v) is 7.42. The van der Waals surface area contributed by atoms with E-state index in [2.05, 4.69) is 25.0 Å². The number of ether oxygens (including phenoxy) is 3. The lowest BCUT2D eigenvalue weighted by Gasteiger charge is -2.14. The van der Waals surface area contributed by atoms with Gasteiger partial charge in [0.2, 0.25) is 5.95 Å². The molecule has 0 bridgehead atoms. The van der Waals surface area contributed by atoms with Crippen LogP contribution in [0, 0.1) is 5.92 Å². The average molecular weight is 454 g/mol. The molecule has 0 saturated heterocycles. The van der Waals surface area contributed by atoms with Crippen LogP contribution < -0.4 is 26.1 Å². The molecule has 1 aliphatic rings. The van der Waals surface area contributed by atoms with Gasteiger partial charge in [0.1, 0.15) is 12.4 Å². The summed E-state index contributed by atoms with van der Waals surface area (Å²) in [6, 6.07) is 5.88. The molecule has 2 aromatic heterocycles. The first kappa shape index (κ1) is 21.9. The number of nitrogens with two attached hydrogens (primary N) is 1. The Morgan fingerprint density at radius 1 is 1.36 bits per heavy atom. The maximum Gasteiger partial charge on any atom is 0.413 e. The molecule has 0 aliphatic heterocycles. The van der Waals surface area contributed by atoms with E-state index in [1.807, 2.05) is 6.20 Å². The summed E-state index contributed by atoms with van der Waals surface area (Å²) in [5, 5.41) is 2.39. The highest BCUT2D eigenvalue weighted by molar-refractivity contribution is 5.81. The average Bonchev–Trinajstić information content (AvgIpc) is 3.40. The minimum Gasteiger partial charge on any atom is -0.489 e. The van der Waals surface area contributed by atoms with Crippen molar-refractivity contribution in [1.82, 2.24) is 24.8 Å². The number of nitrogens with one attached hydrogen (secondary N) is 2. The second-order valence-electron chi connectivity index (χ2n) is 7.42. The van der Waals surface area contributed by atoms with Crippen molar-refractivity contribution in [3.8, 4) is 11.5 Å². The van der Waals surface area contributed by atoms with Gasteiger partial charge in [-0.1, -0.05) is 12.1 Å². The fraction of sp³-hybridized carbons (Fsp3) is 0.286. The zero-order valence-corrected chi connectivity index (χ0v) is 17.9. The van der Waals surface area contributed by atoms with Crippen LogP contribution in [0.5, 0.6) is 11.5 Å². The number of hydrogen-bond donors (Lipinski definition) is 3. The van der Waals surface area contributed by atoms with E-state index >= 15 is 0 Å². The van der Waals surface area contributed by atoms with E-state index < -0.39 is 23.7 Å². The highest BCUT2D eigenvalue weighted by Crippen LogP contribution is 2.39. The van der Waals surface area contributed by atoms with Gasteiger partial charge >= 0.3 is 12.1 Å². The molecule has 1 aromatic carbocycles. The summed E-state index contributed by atoms with van der Waals surface area (Å²) in [7, 11) is 1.23. The molecule has 0 radical (unpaired) electrons. The number of nitrogens with zero attached hydrogens (tertiary/aromatic N) is 3. The number of carbonyl (C=O) groups is 2. The van der Waals surface area contributed by atoms with E-state index in [0.29, 0.717) is 18.0 Å². The van der Waals surface area contributed by atoms with Gasteiger partial charge in [0, 0.05) is 12.1 Å². The highest BCUT2D eigenvalue weighted by Gasteiger charge is 2.31. The van der Waals surface area contributed by atoms with Gasteiger partial charge in [-0.25, -0.2) is 14.6 Å². The van der Waals surface area contributed by atoms with Gasteiger partial charge in [0.25, 0.3) is 5.56 Å². The maximum atomic E-state index is 12.1. The Labute approximate surface area is 187 Å². The molecule has 1 aliphatic carbocycles. The number of aromatic amines is 1. The number of rotatable bonds is 7. The Bertz CT molecular complexity index is 1300. The first-order valence-electron chi connectivity index (χ1n) is 10.1. The van der Waals surface area contributed by atoms with Crippen molar-refractivity contribution in [2.45, 2.75) is 19.4 Å². The van der Waals surface area contributed by atoms with Gasteiger partial charge in [-0.15, -0.1) is 0 Å². The third-order valence-electron chi connectivity index (χ3n) is 4.98. The maximum absolute atomic E-state index is 12.1. The van der Waals surface area contributed by atoms with Crippen LogP contribution in [0.25, 0.3) is 17.4 Å². The number of carbonyl (C=O) groups excluding carboxylic acids is 2. The Balaban J connectivity index is 1.38. The monoisotopic (exact) mass is 454 g/mol. The van der Waals surface area contributed by atoms with Crippen molar-refractivity contribution in [3.63, 3.8) is 0 Å². The first-order chi connectivity index (χ1) is 15.9. The summed E-state index contributed by atoms with van der Waals surface area (Å²) < 4.78 is 17.4. The van der Waals surface area contributed by atoms with E-state index in [1.165, 1.54) is 20.4 Å². The SMILES string of the molecule is COC(=O)[C@H](C)NC(=O)Oc1ccccc1OCC1C/C1=C/n1cnc2c(=O)[nH]c(N)nc21. The predicted octanol–water partition coefficient (Wildman–Crippen LogP) is 1.29. The summed E-state index contributed by atoms with van der Waals surface area (Å²) in [4.78, 5) is 46.0. The Morgan fingerprint density at radius 2 is 2.12 bits per heavy atom. The number of H-pyrrole nitrogens is 1. The number of amides is 1. The molecule has 3 aromatic rings. The fourth-order valence-corrected chi connectivity index (χ4v) is 3.15. The summed E-state index contributed by atoms with van der Waals surface area (Å²) in [5.41, 5.74) is 6.89. The van der Waals surface area contributed by atoms with Crippen molar-refractivity contribution in [2.75, 3.05) is 19.5 Å². The summed E-state index contributed by atoms with van der Waals surface area (Å²) in [6.07, 6.45) is 3.34. The van der Waals surface area contributed by atoms with Crippen LogP contribution in [0.1, 0.15) is 13.3 Å². The molecular weight excluding hydrogens is 432 g/mol. The highest BCUT2D eigenvalue weighted by atomic mass is 16.6. The fourth-order valence-electron chi connectivity index (χ4n) is 3.15. The molecule has 12 nitrogen and oxygen atoms in total. The van der Waals surface area contributed by atoms with E-state index in [0.717, 1.165) is 12.0 Å². The van der Waals surface area contributed by atoms with Gasteiger partial charge in [-0.2, -0.15) is 4.98 Å². The molecule has 33 heavy (non-hydrogen) atoms. The van der Waals surface area contributed by atoms with Crippen molar-refractivity contribution in [2.24, 2.45) is 5.92 Å². The van der Waals surface area contributed by atoms with Gasteiger partial charge in [0.15, 0.2) is 22.7 Å². The number of para-hydroxylation sites is 2. The standard InChI is InChI=1S/C21H22N6O6/c1-11(19(29)31-2)24-21(30)33-15-6-4-3-5-14(15)32-9-13-7-12(13)8-27-10-23-16-17(27)25-20(22)26-18(16)28/h3-6,8,10-11,13H,7,9H2,1-2H3,(H,24,30)(H3,22,25,26,28)/b12-8-/t11-,13?/m0/s1. The van der Waals surface area contributed by atoms with E-state index in [-0.39, 0.29) is 23.1 Å². The molecule has 1 unspecified atom stereocenters. The predicted molar refractivity (Wildman–Crippen MR) is 118 cm³/mol. The zero-order chi connectivity index (χ0) is 23.5. The van der Waals surface area contributed by atoms with Crippen LogP contribution >= 0.6 is 0 Å². The Kier molecular flexibility index (Phi) is 5.98. The third-order valence-corrected chi connectivity index (χ3v) is 4.98. The number of benzene rings is 1. The molecule has 4 N–H and O–H groups in total. The van der Waals surface area contributed by atoms with Crippen molar-refractivity contribution >= 4 is 35.4 Å². The van der Waals surface area contributed by atoms with E-state index in [9.17, 15) is 14.4 Å². The van der Waals surface area contributed by atoms with Crippen LogP contribution in [0.4, 0.5) is 10.7 Å². The summed E-state index contributed by atoms with van der Waals surface area (Å²) in [5.74, 6) is 0.183. The second kappa shape index (κ2) is 9.02. The molecule has 2 atom stereocenters. The number of nitrogen functional groups attached to an aromatic ring is 1. The molecule has 1 amide bonds. The number of esters is 1. The van der Waals surface area contributed by atoms with Crippen molar-refractivity contribution in [3.05, 3.63) is 46.5 Å². The molecule has 172 valence electrons. The minimum absolute atomic E-state index is 0.0185. The zero-order valence-electron chi connectivity index (χ0n) is 17.9. The third kappa shape index (κ3) is 4.95. The number of hydrogen-bond acceptors (Lipinski definition) is 9. The van der Waals surface area contributed by atoms with E-state index in [1.54, 1.807) is 28.8 Å². The van der Waals surface area contributed by atoms with Crippen molar-refractivity contribution < 1.29 is 23.8 Å². The van der Waals surface area contributed by atoms with Gasteiger partial charge in [-0.05, 0) is 31.1 Å². The number of imidazole rings is 1. The van der Waals surface area contributed by atoms with Crippen LogP contribution in [-0.4, -0.2) is 51.3 Å². The lowest BCUT2D eigenvalue weighted by molar-refractivity contribution is -0.142. The molecular formula is C21H22N6O6. The van der Waals surface area contributed by atoms with Gasteiger partial charge in [-0.3, -0.25) is 14.3 Å². The topological polar surface area (TPSA) is 163 Å². The quantitative estimate of drug-likeness (QED) is 0.446. The minimum atomic E-state index is -0.852. The smallest absolute Gasteiger partial charge is 0.413 e. The van der Waals surface area contributed by atoms with Crippen LogP contribution in [0.2, 0.25) is 0 Å².